The minimum Gasteiger partial charge on any atom is -0.497 e. The van der Waals surface area contributed by atoms with Gasteiger partial charge in [-0.05, 0) is 50.4 Å². The Morgan fingerprint density at radius 1 is 1.16 bits per heavy atom. The van der Waals surface area contributed by atoms with Crippen LogP contribution in [0.2, 0.25) is 0 Å². The van der Waals surface area contributed by atoms with Gasteiger partial charge < -0.3 is 14.8 Å². The van der Waals surface area contributed by atoms with Crippen molar-refractivity contribution in [3.8, 4) is 11.5 Å². The molecule has 2 aromatic carbocycles. The normalized spacial score (nSPS) is 11.9. The maximum Gasteiger partial charge on any atom is 0.241 e. The number of likely N-dealkylation sites (N-methyl/N-ethyl adjacent to an activating group) is 1. The second-order valence-electron chi connectivity index (χ2n) is 5.65. The van der Waals surface area contributed by atoms with Gasteiger partial charge in [-0.2, -0.15) is 0 Å². The number of hydrogen-bond acceptors (Lipinski definition) is 4. The van der Waals surface area contributed by atoms with Gasteiger partial charge >= 0.3 is 0 Å². The zero-order valence-electron chi connectivity index (χ0n) is 14.7. The number of hydrogen-bond donors (Lipinski definition) is 1. The molecule has 0 aromatic heterocycles. The van der Waals surface area contributed by atoms with Crippen LogP contribution in [0, 0.1) is 5.82 Å². The van der Waals surface area contributed by atoms with Crippen LogP contribution in [0.25, 0.3) is 0 Å². The van der Waals surface area contributed by atoms with Crippen molar-refractivity contribution >= 4 is 11.6 Å². The van der Waals surface area contributed by atoms with E-state index in [1.165, 1.54) is 12.1 Å². The zero-order chi connectivity index (χ0) is 18.2. The number of nitrogens with zero attached hydrogens (tertiary/aromatic N) is 1. The molecule has 1 amide bonds. The lowest BCUT2D eigenvalue weighted by atomic mass is 10.2. The smallest absolute Gasteiger partial charge is 0.241 e. The van der Waals surface area contributed by atoms with Crippen LogP contribution in [-0.2, 0) is 4.79 Å². The van der Waals surface area contributed by atoms with Gasteiger partial charge in [-0.1, -0.05) is 12.1 Å². The minimum absolute atomic E-state index is 0.183. The first-order chi connectivity index (χ1) is 12.0. The molecular weight excluding hydrogens is 323 g/mol. The Balaban J connectivity index is 1.79. The van der Waals surface area contributed by atoms with E-state index in [4.69, 9.17) is 9.47 Å². The highest BCUT2D eigenvalue weighted by atomic mass is 19.1. The molecule has 1 N–H and O–H groups in total. The summed E-state index contributed by atoms with van der Waals surface area (Å²) < 4.78 is 24.3. The fourth-order valence-electron chi connectivity index (χ4n) is 2.17. The predicted octanol–water partition coefficient (Wildman–Crippen LogP) is 3.17. The van der Waals surface area contributed by atoms with Crippen molar-refractivity contribution in [1.29, 1.82) is 0 Å². The van der Waals surface area contributed by atoms with Crippen LogP contribution in [-0.4, -0.2) is 44.2 Å². The summed E-state index contributed by atoms with van der Waals surface area (Å²) in [6.07, 6.45) is 0. The summed E-state index contributed by atoms with van der Waals surface area (Å²) in [5.41, 5.74) is 0.183. The quantitative estimate of drug-likeness (QED) is 0.798. The fourth-order valence-corrected chi connectivity index (χ4v) is 2.17. The van der Waals surface area contributed by atoms with Crippen molar-refractivity contribution < 1.29 is 18.7 Å². The Labute approximate surface area is 147 Å². The van der Waals surface area contributed by atoms with E-state index in [2.05, 4.69) is 5.32 Å². The molecule has 0 aliphatic rings. The van der Waals surface area contributed by atoms with Gasteiger partial charge in [0.05, 0.1) is 18.8 Å². The van der Waals surface area contributed by atoms with Crippen LogP contribution < -0.4 is 14.8 Å². The highest BCUT2D eigenvalue weighted by molar-refractivity contribution is 5.94. The van der Waals surface area contributed by atoms with Crippen molar-refractivity contribution in [2.45, 2.75) is 13.0 Å². The third kappa shape index (κ3) is 5.46. The monoisotopic (exact) mass is 346 g/mol. The first-order valence-corrected chi connectivity index (χ1v) is 8.03. The molecule has 0 spiro atoms. The molecule has 0 bridgehead atoms. The maximum absolute atomic E-state index is 13.6. The van der Waals surface area contributed by atoms with Crippen molar-refractivity contribution in [2.24, 2.45) is 0 Å². The largest absolute Gasteiger partial charge is 0.497 e. The van der Waals surface area contributed by atoms with Gasteiger partial charge in [0.25, 0.3) is 0 Å². The Bertz CT molecular complexity index is 691. The molecule has 6 heteroatoms. The van der Waals surface area contributed by atoms with Crippen LogP contribution in [0.5, 0.6) is 11.5 Å². The molecule has 25 heavy (non-hydrogen) atoms. The molecule has 134 valence electrons. The number of carbonyl (C=O) groups is 1. The van der Waals surface area contributed by atoms with Crippen molar-refractivity contribution in [1.82, 2.24) is 4.90 Å². The summed E-state index contributed by atoms with van der Waals surface area (Å²) in [6, 6.07) is 13.0. The molecule has 0 aliphatic carbocycles. The number of anilines is 1. The SMILES string of the molecule is COc1ccc(OCCN(C)C(C)C(=O)Nc2ccccc2F)cc1. The Morgan fingerprint density at radius 3 is 2.44 bits per heavy atom. The van der Waals surface area contributed by atoms with E-state index in [1.54, 1.807) is 26.2 Å². The minimum atomic E-state index is -0.450. The third-order valence-electron chi connectivity index (χ3n) is 3.94. The number of methoxy groups -OCH3 is 1. The van der Waals surface area contributed by atoms with Gasteiger partial charge in [0.2, 0.25) is 5.91 Å². The Kier molecular flexibility index (Phi) is 6.77. The number of halogens is 1. The molecule has 1 atom stereocenters. The molecule has 5 nitrogen and oxygen atoms in total. The first kappa shape index (κ1) is 18.7. The molecule has 0 saturated carbocycles. The molecule has 0 aliphatic heterocycles. The number of nitrogens with one attached hydrogen (secondary N) is 1. The molecule has 0 fully saturated rings. The van der Waals surface area contributed by atoms with E-state index in [0.717, 1.165) is 11.5 Å². The van der Waals surface area contributed by atoms with Crippen molar-refractivity contribution in [3.05, 3.63) is 54.3 Å². The zero-order valence-corrected chi connectivity index (χ0v) is 14.7. The predicted molar refractivity (Wildman–Crippen MR) is 95.6 cm³/mol. The molecule has 1 unspecified atom stereocenters. The van der Waals surface area contributed by atoms with Gasteiger partial charge in [0, 0.05) is 6.54 Å². The lowest BCUT2D eigenvalue weighted by Gasteiger charge is -2.24. The van der Waals surface area contributed by atoms with Crippen LogP contribution in [0.1, 0.15) is 6.92 Å². The molecule has 0 saturated heterocycles. The Hall–Kier alpha value is -2.60. The van der Waals surface area contributed by atoms with E-state index in [0.29, 0.717) is 13.2 Å². The number of benzene rings is 2. The lowest BCUT2D eigenvalue weighted by molar-refractivity contribution is -0.120. The topological polar surface area (TPSA) is 50.8 Å². The molecule has 0 heterocycles. The highest BCUT2D eigenvalue weighted by Gasteiger charge is 2.19. The summed E-state index contributed by atoms with van der Waals surface area (Å²) in [4.78, 5) is 14.1. The first-order valence-electron chi connectivity index (χ1n) is 8.03. The average molecular weight is 346 g/mol. The highest BCUT2D eigenvalue weighted by Crippen LogP contribution is 2.17. The molecule has 2 rings (SSSR count). The average Bonchev–Trinajstić information content (AvgIpc) is 2.63. The van der Waals surface area contributed by atoms with Gasteiger partial charge in [0.15, 0.2) is 0 Å². The molecule has 2 aromatic rings. The van der Waals surface area contributed by atoms with Crippen molar-refractivity contribution in [3.63, 3.8) is 0 Å². The Morgan fingerprint density at radius 2 is 1.80 bits per heavy atom. The maximum atomic E-state index is 13.6. The van der Waals surface area contributed by atoms with Gasteiger partial charge in [-0.15, -0.1) is 0 Å². The standard InChI is InChI=1S/C19H23FN2O3/c1-14(19(23)21-18-7-5-4-6-17(18)20)22(2)12-13-25-16-10-8-15(24-3)9-11-16/h4-11,14H,12-13H2,1-3H3,(H,21,23). The van der Waals surface area contributed by atoms with E-state index in [-0.39, 0.29) is 11.6 Å². The third-order valence-corrected chi connectivity index (χ3v) is 3.94. The van der Waals surface area contributed by atoms with Gasteiger partial charge in [0.1, 0.15) is 23.9 Å². The van der Waals surface area contributed by atoms with E-state index in [9.17, 15) is 9.18 Å². The fraction of sp³-hybridized carbons (Fsp3) is 0.316. The van der Waals surface area contributed by atoms with Crippen LogP contribution in [0.4, 0.5) is 10.1 Å². The number of rotatable bonds is 8. The number of carbonyl (C=O) groups excluding carboxylic acids is 1. The second kappa shape index (κ2) is 9.03. The second-order valence-corrected chi connectivity index (χ2v) is 5.65. The molecule has 0 radical (unpaired) electrons. The van der Waals surface area contributed by atoms with Gasteiger partial charge in [-0.25, -0.2) is 4.39 Å². The number of amides is 1. The van der Waals surface area contributed by atoms with Crippen LogP contribution in [0.15, 0.2) is 48.5 Å². The van der Waals surface area contributed by atoms with Crippen molar-refractivity contribution in [2.75, 3.05) is 32.6 Å². The summed E-state index contributed by atoms with van der Waals surface area (Å²) in [6.45, 7) is 2.75. The van der Waals surface area contributed by atoms with Crippen LogP contribution >= 0.6 is 0 Å². The van der Waals surface area contributed by atoms with Gasteiger partial charge in [-0.3, -0.25) is 9.69 Å². The summed E-state index contributed by atoms with van der Waals surface area (Å²) in [5, 5.41) is 2.60. The van der Waals surface area contributed by atoms with E-state index >= 15 is 0 Å². The van der Waals surface area contributed by atoms with Crippen LogP contribution in [0.3, 0.4) is 0 Å². The number of ether oxygens (including phenoxy) is 2. The lowest BCUT2D eigenvalue weighted by Crippen LogP contribution is -2.41. The molecular formula is C19H23FN2O3. The van der Waals surface area contributed by atoms with E-state index < -0.39 is 11.9 Å². The summed E-state index contributed by atoms with van der Waals surface area (Å²) in [7, 11) is 3.43. The summed E-state index contributed by atoms with van der Waals surface area (Å²) in [5.74, 6) is 0.783. The summed E-state index contributed by atoms with van der Waals surface area (Å²) >= 11 is 0. The number of para-hydroxylation sites is 1. The van der Waals surface area contributed by atoms with E-state index in [1.807, 2.05) is 36.2 Å².